The molecule has 0 spiro atoms. The van der Waals surface area contributed by atoms with Gasteiger partial charge < -0.3 is 14.2 Å². The van der Waals surface area contributed by atoms with Gasteiger partial charge in [-0.3, -0.25) is 14.9 Å². The van der Waals surface area contributed by atoms with Crippen molar-refractivity contribution in [3.8, 4) is 17.2 Å². The number of nitrogens with zero attached hydrogens (tertiary/aromatic N) is 2. The SMILES string of the molecule is Cc1cccc(OCC(=O)NN=Cc2cc3c(cc2[N+](=O)[O-])OCO3)c1C. The van der Waals surface area contributed by atoms with Gasteiger partial charge in [0.25, 0.3) is 11.6 Å². The Bertz CT molecular complexity index is 926. The van der Waals surface area contributed by atoms with Crippen LogP contribution in [-0.4, -0.2) is 30.4 Å². The van der Waals surface area contributed by atoms with E-state index in [-0.39, 0.29) is 24.7 Å². The van der Waals surface area contributed by atoms with Crippen LogP contribution in [0.5, 0.6) is 17.2 Å². The van der Waals surface area contributed by atoms with E-state index in [0.29, 0.717) is 17.2 Å². The van der Waals surface area contributed by atoms with Crippen LogP contribution in [0.1, 0.15) is 16.7 Å². The van der Waals surface area contributed by atoms with Crippen LogP contribution in [0.15, 0.2) is 35.4 Å². The Kier molecular flexibility index (Phi) is 5.20. The van der Waals surface area contributed by atoms with Crippen molar-refractivity contribution in [3.63, 3.8) is 0 Å². The van der Waals surface area contributed by atoms with Crippen LogP contribution in [0.25, 0.3) is 0 Å². The first-order chi connectivity index (χ1) is 13.0. The lowest BCUT2D eigenvalue weighted by molar-refractivity contribution is -0.385. The molecule has 0 saturated heterocycles. The smallest absolute Gasteiger partial charge is 0.282 e. The lowest BCUT2D eigenvalue weighted by Crippen LogP contribution is -2.24. The van der Waals surface area contributed by atoms with Gasteiger partial charge in [0, 0.05) is 0 Å². The Morgan fingerprint density at radius 1 is 1.33 bits per heavy atom. The highest BCUT2D eigenvalue weighted by Gasteiger charge is 2.22. The maximum absolute atomic E-state index is 11.9. The van der Waals surface area contributed by atoms with Crippen molar-refractivity contribution in [2.45, 2.75) is 13.8 Å². The van der Waals surface area contributed by atoms with Crippen LogP contribution in [0.4, 0.5) is 5.69 Å². The second-order valence-corrected chi connectivity index (χ2v) is 5.80. The molecule has 0 saturated carbocycles. The Morgan fingerprint density at radius 3 is 2.81 bits per heavy atom. The topological polar surface area (TPSA) is 112 Å². The summed E-state index contributed by atoms with van der Waals surface area (Å²) < 4.78 is 15.8. The number of carbonyl (C=O) groups excluding carboxylic acids is 1. The zero-order valence-electron chi connectivity index (χ0n) is 14.7. The molecule has 0 bridgehead atoms. The van der Waals surface area contributed by atoms with E-state index in [4.69, 9.17) is 14.2 Å². The summed E-state index contributed by atoms with van der Waals surface area (Å²) in [6.07, 6.45) is 1.18. The molecule has 0 atom stereocenters. The number of nitrogens with one attached hydrogen (secondary N) is 1. The summed E-state index contributed by atoms with van der Waals surface area (Å²) in [7, 11) is 0. The molecule has 9 heteroatoms. The van der Waals surface area contributed by atoms with Crippen LogP contribution < -0.4 is 19.6 Å². The first-order valence-electron chi connectivity index (χ1n) is 8.04. The summed E-state index contributed by atoms with van der Waals surface area (Å²) in [5, 5.41) is 14.9. The van der Waals surface area contributed by atoms with Gasteiger partial charge in [-0.25, -0.2) is 5.43 Å². The summed E-state index contributed by atoms with van der Waals surface area (Å²) >= 11 is 0. The van der Waals surface area contributed by atoms with Crippen molar-refractivity contribution in [2.75, 3.05) is 13.4 Å². The molecule has 1 aliphatic heterocycles. The van der Waals surface area contributed by atoms with Crippen molar-refractivity contribution in [1.82, 2.24) is 5.43 Å². The number of rotatable bonds is 6. The van der Waals surface area contributed by atoms with E-state index in [0.717, 1.165) is 11.1 Å². The van der Waals surface area contributed by atoms with E-state index >= 15 is 0 Å². The number of ether oxygens (including phenoxy) is 3. The molecule has 2 aromatic rings. The molecule has 0 fully saturated rings. The largest absolute Gasteiger partial charge is 0.483 e. The van der Waals surface area contributed by atoms with Crippen LogP contribution >= 0.6 is 0 Å². The molecule has 2 aromatic carbocycles. The fraction of sp³-hybridized carbons (Fsp3) is 0.222. The number of hydrazone groups is 1. The Hall–Kier alpha value is -3.62. The van der Waals surface area contributed by atoms with Gasteiger partial charge in [0.05, 0.1) is 22.8 Å². The van der Waals surface area contributed by atoms with E-state index < -0.39 is 10.8 Å². The molecule has 0 aliphatic carbocycles. The molecule has 0 aromatic heterocycles. The molecule has 9 nitrogen and oxygen atoms in total. The number of amides is 1. The van der Waals surface area contributed by atoms with Gasteiger partial charge >= 0.3 is 0 Å². The number of nitro groups is 1. The molecular formula is C18H17N3O6. The van der Waals surface area contributed by atoms with E-state index in [1.54, 1.807) is 6.07 Å². The third-order valence-corrected chi connectivity index (χ3v) is 4.03. The lowest BCUT2D eigenvalue weighted by Gasteiger charge is -2.09. The monoisotopic (exact) mass is 371 g/mol. The van der Waals surface area contributed by atoms with Crippen molar-refractivity contribution in [3.05, 3.63) is 57.1 Å². The van der Waals surface area contributed by atoms with Gasteiger partial charge in [-0.2, -0.15) is 5.10 Å². The van der Waals surface area contributed by atoms with Crippen molar-refractivity contribution >= 4 is 17.8 Å². The Balaban J connectivity index is 1.63. The molecule has 140 valence electrons. The van der Waals surface area contributed by atoms with Crippen molar-refractivity contribution in [1.29, 1.82) is 0 Å². The standard InChI is InChI=1S/C18H17N3O6/c1-11-4-3-5-15(12(11)2)25-9-18(22)20-19-8-13-6-16-17(27-10-26-16)7-14(13)21(23)24/h3-8H,9-10H2,1-2H3,(H,20,22). The quantitative estimate of drug-likeness (QED) is 0.474. The van der Waals surface area contributed by atoms with Crippen LogP contribution in [0, 0.1) is 24.0 Å². The first-order valence-corrected chi connectivity index (χ1v) is 8.04. The van der Waals surface area contributed by atoms with Gasteiger partial charge in [-0.15, -0.1) is 0 Å². The van der Waals surface area contributed by atoms with E-state index in [1.165, 1.54) is 18.3 Å². The summed E-state index contributed by atoms with van der Waals surface area (Å²) in [5.74, 6) is 0.799. The van der Waals surface area contributed by atoms with Crippen molar-refractivity contribution in [2.24, 2.45) is 5.10 Å². The van der Waals surface area contributed by atoms with Crippen LogP contribution in [0.3, 0.4) is 0 Å². The molecule has 1 N–H and O–H groups in total. The predicted octanol–water partition coefficient (Wildman–Crippen LogP) is 2.47. The van der Waals surface area contributed by atoms with Gasteiger partial charge in [-0.1, -0.05) is 12.1 Å². The molecule has 27 heavy (non-hydrogen) atoms. The minimum atomic E-state index is -0.561. The van der Waals surface area contributed by atoms with E-state index in [1.807, 2.05) is 26.0 Å². The van der Waals surface area contributed by atoms with Crippen molar-refractivity contribution < 1.29 is 23.9 Å². The minimum Gasteiger partial charge on any atom is -0.483 e. The summed E-state index contributed by atoms with van der Waals surface area (Å²) in [6, 6.07) is 8.25. The number of carbonyl (C=O) groups is 1. The van der Waals surface area contributed by atoms with Gasteiger partial charge in [0.2, 0.25) is 6.79 Å². The second-order valence-electron chi connectivity index (χ2n) is 5.80. The van der Waals surface area contributed by atoms with Crippen LogP contribution in [-0.2, 0) is 4.79 Å². The number of nitro benzene ring substituents is 1. The molecule has 0 radical (unpaired) electrons. The third kappa shape index (κ3) is 4.14. The van der Waals surface area contributed by atoms with E-state index in [9.17, 15) is 14.9 Å². The molecule has 1 aliphatic rings. The fourth-order valence-electron chi connectivity index (χ4n) is 2.44. The highest BCUT2D eigenvalue weighted by molar-refractivity contribution is 5.88. The normalized spacial score (nSPS) is 12.2. The average Bonchev–Trinajstić information content (AvgIpc) is 3.09. The summed E-state index contributed by atoms with van der Waals surface area (Å²) in [5.41, 5.74) is 4.26. The maximum atomic E-state index is 11.9. The zero-order chi connectivity index (χ0) is 19.4. The molecule has 3 rings (SSSR count). The fourth-order valence-corrected chi connectivity index (χ4v) is 2.44. The number of hydrogen-bond donors (Lipinski definition) is 1. The number of benzene rings is 2. The number of aryl methyl sites for hydroxylation is 1. The third-order valence-electron chi connectivity index (χ3n) is 4.03. The number of fused-ring (bicyclic) bond motifs is 1. The Morgan fingerprint density at radius 2 is 2.07 bits per heavy atom. The highest BCUT2D eigenvalue weighted by Crippen LogP contribution is 2.37. The molecular weight excluding hydrogens is 354 g/mol. The van der Waals surface area contributed by atoms with Gasteiger partial charge in [-0.05, 0) is 37.1 Å². The summed E-state index contributed by atoms with van der Waals surface area (Å²) in [4.78, 5) is 22.5. The highest BCUT2D eigenvalue weighted by atomic mass is 16.7. The van der Waals surface area contributed by atoms with Gasteiger partial charge in [0.15, 0.2) is 18.1 Å². The number of hydrogen-bond acceptors (Lipinski definition) is 7. The minimum absolute atomic E-state index is 0.000461. The zero-order valence-corrected chi connectivity index (χ0v) is 14.7. The lowest BCUT2D eigenvalue weighted by atomic mass is 10.1. The Labute approximate surface area is 154 Å². The predicted molar refractivity (Wildman–Crippen MR) is 96.4 cm³/mol. The molecule has 0 unspecified atom stereocenters. The molecule has 1 amide bonds. The second kappa shape index (κ2) is 7.73. The van der Waals surface area contributed by atoms with E-state index in [2.05, 4.69) is 10.5 Å². The average molecular weight is 371 g/mol. The maximum Gasteiger partial charge on any atom is 0.282 e. The van der Waals surface area contributed by atoms with Crippen LogP contribution in [0.2, 0.25) is 0 Å². The first kappa shape index (κ1) is 18.2. The molecule has 1 heterocycles. The van der Waals surface area contributed by atoms with Gasteiger partial charge in [0.1, 0.15) is 5.75 Å². The summed E-state index contributed by atoms with van der Waals surface area (Å²) in [6.45, 7) is 3.62.